The van der Waals surface area contributed by atoms with Gasteiger partial charge in [0.05, 0.1) is 5.56 Å². The van der Waals surface area contributed by atoms with Crippen LogP contribution in [0, 0.1) is 0 Å². The maximum absolute atomic E-state index is 12.5. The van der Waals surface area contributed by atoms with Gasteiger partial charge in [-0.05, 0) is 50.0 Å². The Bertz CT molecular complexity index is 1170. The number of hydrogen-bond donors (Lipinski definition) is 2. The van der Waals surface area contributed by atoms with Crippen LogP contribution in [0.25, 0.3) is 33.7 Å². The van der Waals surface area contributed by atoms with Crippen LogP contribution >= 0.6 is 0 Å². The van der Waals surface area contributed by atoms with Crippen LogP contribution in [0.5, 0.6) is 0 Å². The van der Waals surface area contributed by atoms with E-state index in [9.17, 15) is 4.79 Å². The van der Waals surface area contributed by atoms with Gasteiger partial charge < -0.3 is 20.4 Å². The minimum atomic E-state index is -0.110. The van der Waals surface area contributed by atoms with E-state index in [1.54, 1.807) is 12.3 Å². The number of amides is 1. The average Bonchev–Trinajstić information content (AvgIpc) is 3.18. The fourth-order valence-corrected chi connectivity index (χ4v) is 3.13. The topological polar surface area (TPSA) is 97.3 Å². The zero-order chi connectivity index (χ0) is 21.1. The number of para-hydroxylation sites is 2. The van der Waals surface area contributed by atoms with Gasteiger partial charge >= 0.3 is 0 Å². The van der Waals surface area contributed by atoms with E-state index in [0.29, 0.717) is 35.0 Å². The summed E-state index contributed by atoms with van der Waals surface area (Å²) in [5.41, 5.74) is 10.4. The first-order chi connectivity index (χ1) is 14.5. The van der Waals surface area contributed by atoms with E-state index < -0.39 is 0 Å². The fraction of sp³-hybridized carbons (Fsp3) is 0.174. The molecule has 0 radical (unpaired) electrons. The molecular weight excluding hydrogens is 378 g/mol. The normalized spacial score (nSPS) is 11.2. The molecule has 0 atom stereocenters. The van der Waals surface area contributed by atoms with E-state index in [1.165, 1.54) is 0 Å². The predicted octanol–water partition coefficient (Wildman–Crippen LogP) is 3.43. The Balaban J connectivity index is 1.63. The molecule has 3 N–H and O–H groups in total. The Morgan fingerprint density at radius 2 is 1.93 bits per heavy atom. The first kappa shape index (κ1) is 19.6. The number of rotatable bonds is 6. The zero-order valence-electron chi connectivity index (χ0n) is 16.9. The molecule has 152 valence electrons. The monoisotopic (exact) mass is 401 g/mol. The highest BCUT2D eigenvalue weighted by Crippen LogP contribution is 2.31. The van der Waals surface area contributed by atoms with Gasteiger partial charge in [0.2, 0.25) is 5.89 Å². The zero-order valence-corrected chi connectivity index (χ0v) is 16.9. The Hall–Kier alpha value is -3.71. The van der Waals surface area contributed by atoms with Crippen LogP contribution in [-0.2, 0) is 0 Å². The number of benzene rings is 2. The minimum Gasteiger partial charge on any atom is -0.436 e. The number of fused-ring (bicyclic) bond motifs is 1. The number of carbonyl (C=O) groups excluding carboxylic acids is 1. The van der Waals surface area contributed by atoms with Gasteiger partial charge in [-0.25, -0.2) is 9.97 Å². The highest BCUT2D eigenvalue weighted by atomic mass is 16.3. The second-order valence-electron chi connectivity index (χ2n) is 7.28. The smallest absolute Gasteiger partial charge is 0.251 e. The Labute approximate surface area is 174 Å². The number of nitrogens with one attached hydrogen (secondary N) is 1. The first-order valence-corrected chi connectivity index (χ1v) is 9.66. The highest BCUT2D eigenvalue weighted by molar-refractivity contribution is 5.95. The molecule has 7 heteroatoms. The number of oxazole rings is 1. The van der Waals surface area contributed by atoms with Crippen molar-refractivity contribution in [3.63, 3.8) is 0 Å². The molecule has 0 fully saturated rings. The lowest BCUT2D eigenvalue weighted by molar-refractivity contribution is 0.0951. The standard InChI is InChI=1S/C23H23N5O2/c1-28(2)11-10-25-22(29)16-7-5-6-15(12-16)17-13-18(21(24)26-14-17)23-27-19-8-3-4-9-20(19)30-23/h3-9,12-14H,10-11H2,1-2H3,(H2,24,26)(H,25,29). The molecule has 4 rings (SSSR count). The molecule has 7 nitrogen and oxygen atoms in total. The van der Waals surface area contributed by atoms with Crippen molar-refractivity contribution in [2.24, 2.45) is 0 Å². The second kappa shape index (κ2) is 8.34. The summed E-state index contributed by atoms with van der Waals surface area (Å²) < 4.78 is 5.85. The van der Waals surface area contributed by atoms with Crippen molar-refractivity contribution in [3.05, 3.63) is 66.4 Å². The lowest BCUT2D eigenvalue weighted by Crippen LogP contribution is -2.31. The van der Waals surface area contributed by atoms with Gasteiger partial charge in [-0.1, -0.05) is 24.3 Å². The molecule has 2 aromatic carbocycles. The van der Waals surface area contributed by atoms with Crippen molar-refractivity contribution < 1.29 is 9.21 Å². The first-order valence-electron chi connectivity index (χ1n) is 9.66. The number of carbonyl (C=O) groups is 1. The molecule has 0 bridgehead atoms. The lowest BCUT2D eigenvalue weighted by atomic mass is 10.0. The van der Waals surface area contributed by atoms with Crippen molar-refractivity contribution in [3.8, 4) is 22.6 Å². The predicted molar refractivity (Wildman–Crippen MR) is 118 cm³/mol. The van der Waals surface area contributed by atoms with E-state index in [1.807, 2.05) is 67.5 Å². The van der Waals surface area contributed by atoms with Crippen LogP contribution in [-0.4, -0.2) is 48.0 Å². The average molecular weight is 401 g/mol. The van der Waals surface area contributed by atoms with Crippen LogP contribution in [0.3, 0.4) is 0 Å². The highest BCUT2D eigenvalue weighted by Gasteiger charge is 2.14. The maximum atomic E-state index is 12.5. The molecule has 0 spiro atoms. The number of anilines is 1. The van der Waals surface area contributed by atoms with Gasteiger partial charge in [0.25, 0.3) is 5.91 Å². The summed E-state index contributed by atoms with van der Waals surface area (Å²) in [6, 6.07) is 16.8. The molecule has 0 aliphatic carbocycles. The Morgan fingerprint density at radius 3 is 2.73 bits per heavy atom. The van der Waals surface area contributed by atoms with Gasteiger partial charge in [-0.3, -0.25) is 4.79 Å². The van der Waals surface area contributed by atoms with Crippen LogP contribution in [0.15, 0.2) is 65.2 Å². The lowest BCUT2D eigenvalue weighted by Gasteiger charge is -2.11. The maximum Gasteiger partial charge on any atom is 0.251 e. The number of nitrogens with zero attached hydrogens (tertiary/aromatic N) is 3. The van der Waals surface area contributed by atoms with Crippen molar-refractivity contribution in [1.82, 2.24) is 20.2 Å². The summed E-state index contributed by atoms with van der Waals surface area (Å²) >= 11 is 0. The van der Waals surface area contributed by atoms with Gasteiger partial charge in [-0.15, -0.1) is 0 Å². The summed E-state index contributed by atoms with van der Waals surface area (Å²) in [7, 11) is 3.94. The quantitative estimate of drug-likeness (QED) is 0.514. The summed E-state index contributed by atoms with van der Waals surface area (Å²) in [5, 5.41) is 2.93. The van der Waals surface area contributed by atoms with E-state index in [-0.39, 0.29) is 5.91 Å². The van der Waals surface area contributed by atoms with Crippen molar-refractivity contribution in [1.29, 1.82) is 0 Å². The van der Waals surface area contributed by atoms with Crippen LogP contribution in [0.2, 0.25) is 0 Å². The van der Waals surface area contributed by atoms with Crippen molar-refractivity contribution in [2.45, 2.75) is 0 Å². The van der Waals surface area contributed by atoms with E-state index in [2.05, 4.69) is 15.3 Å². The second-order valence-corrected chi connectivity index (χ2v) is 7.28. The van der Waals surface area contributed by atoms with Gasteiger partial charge in [-0.2, -0.15) is 0 Å². The molecule has 2 heterocycles. The molecule has 4 aromatic rings. The van der Waals surface area contributed by atoms with E-state index in [4.69, 9.17) is 10.2 Å². The largest absolute Gasteiger partial charge is 0.436 e. The molecule has 0 unspecified atom stereocenters. The van der Waals surface area contributed by atoms with Crippen molar-refractivity contribution >= 4 is 22.8 Å². The molecular formula is C23H23N5O2. The minimum absolute atomic E-state index is 0.110. The van der Waals surface area contributed by atoms with Crippen LogP contribution in [0.1, 0.15) is 10.4 Å². The van der Waals surface area contributed by atoms with Gasteiger partial charge in [0.1, 0.15) is 11.3 Å². The number of nitrogens with two attached hydrogens (primary N) is 1. The summed E-state index contributed by atoms with van der Waals surface area (Å²) in [6.07, 6.45) is 1.69. The number of pyridine rings is 1. The van der Waals surface area contributed by atoms with Gasteiger partial charge in [0, 0.05) is 30.4 Å². The van der Waals surface area contributed by atoms with E-state index >= 15 is 0 Å². The molecule has 2 aromatic heterocycles. The molecule has 1 amide bonds. The number of aromatic nitrogens is 2. The summed E-state index contributed by atoms with van der Waals surface area (Å²) in [6.45, 7) is 1.36. The SMILES string of the molecule is CN(C)CCNC(=O)c1cccc(-c2cnc(N)c(-c3nc4ccccc4o3)c2)c1. The third-order valence-electron chi connectivity index (χ3n) is 4.75. The number of hydrogen-bond acceptors (Lipinski definition) is 6. The number of likely N-dealkylation sites (N-methyl/N-ethyl adjacent to an activating group) is 1. The Morgan fingerprint density at radius 1 is 1.10 bits per heavy atom. The van der Waals surface area contributed by atoms with Crippen LogP contribution in [0.4, 0.5) is 5.82 Å². The van der Waals surface area contributed by atoms with Crippen LogP contribution < -0.4 is 11.1 Å². The molecule has 30 heavy (non-hydrogen) atoms. The molecule has 0 saturated heterocycles. The summed E-state index contributed by atoms with van der Waals surface area (Å²) in [4.78, 5) is 23.3. The molecule has 0 saturated carbocycles. The Kier molecular flexibility index (Phi) is 5.45. The third kappa shape index (κ3) is 4.16. The van der Waals surface area contributed by atoms with Gasteiger partial charge in [0.15, 0.2) is 5.58 Å². The molecule has 0 aliphatic heterocycles. The van der Waals surface area contributed by atoms with E-state index in [0.717, 1.165) is 23.2 Å². The molecule has 0 aliphatic rings. The number of nitrogen functional groups attached to an aromatic ring is 1. The van der Waals surface area contributed by atoms with Crippen molar-refractivity contribution in [2.75, 3.05) is 32.9 Å². The third-order valence-corrected chi connectivity index (χ3v) is 4.75. The summed E-state index contributed by atoms with van der Waals surface area (Å²) in [5.74, 6) is 0.643. The fourth-order valence-electron chi connectivity index (χ4n) is 3.13.